The monoisotopic (exact) mass is 443 g/mol. The summed E-state index contributed by atoms with van der Waals surface area (Å²) in [5.74, 6) is -1.17. The van der Waals surface area contributed by atoms with E-state index in [0.29, 0.717) is 18.7 Å². The van der Waals surface area contributed by atoms with Gasteiger partial charge >= 0.3 is 12.1 Å². The number of benzene rings is 1. The first kappa shape index (κ1) is 21.5. The minimum Gasteiger partial charge on any atom is -0.480 e. The van der Waals surface area contributed by atoms with Crippen LogP contribution in [0.3, 0.4) is 0 Å². The predicted molar refractivity (Wildman–Crippen MR) is 109 cm³/mol. The molecule has 2 saturated heterocycles. The van der Waals surface area contributed by atoms with Crippen LogP contribution in [-0.4, -0.2) is 65.6 Å². The number of carboxylic acids is 1. The van der Waals surface area contributed by atoms with E-state index in [1.54, 1.807) is 24.3 Å². The molecule has 0 aromatic heterocycles. The van der Waals surface area contributed by atoms with Gasteiger partial charge in [0.1, 0.15) is 6.61 Å². The number of amides is 2. The van der Waals surface area contributed by atoms with E-state index in [0.717, 1.165) is 12.1 Å². The lowest BCUT2D eigenvalue weighted by Crippen LogP contribution is -2.41. The number of carbonyl (C=O) groups excluding carboxylic acids is 2. The third kappa shape index (κ3) is 6.15. The van der Waals surface area contributed by atoms with E-state index in [1.807, 2.05) is 0 Å². The Bertz CT molecular complexity index is 750. The Morgan fingerprint density at radius 3 is 2.72 bits per heavy atom. The molecular weight excluding hydrogens is 422 g/mol. The molecule has 3 rings (SSSR count). The molecule has 2 amide bonds. The summed E-state index contributed by atoms with van der Waals surface area (Å²) in [6.07, 6.45) is 0.277. The molecule has 3 N–H and O–H groups in total. The Hall–Kier alpha value is -2.17. The first-order chi connectivity index (χ1) is 13.9. The topological polar surface area (TPSA) is 117 Å². The number of carbonyl (C=O) groups is 3. The third-order valence-corrected chi connectivity index (χ3v) is 6.19. The van der Waals surface area contributed by atoms with Gasteiger partial charge in [-0.05, 0) is 37.1 Å². The van der Waals surface area contributed by atoms with Gasteiger partial charge in [-0.1, -0.05) is 0 Å². The van der Waals surface area contributed by atoms with E-state index in [2.05, 4.69) is 10.6 Å². The molecule has 0 saturated carbocycles. The van der Waals surface area contributed by atoms with E-state index in [-0.39, 0.29) is 35.6 Å². The largest absolute Gasteiger partial charge is 0.480 e. The molecule has 2 aliphatic heterocycles. The lowest BCUT2D eigenvalue weighted by atomic mass is 10.2. The lowest BCUT2D eigenvalue weighted by Gasteiger charge is -2.15. The normalized spacial score (nSPS) is 23.7. The number of aliphatic carboxylic acids is 1. The van der Waals surface area contributed by atoms with Gasteiger partial charge in [-0.2, -0.15) is 0 Å². The van der Waals surface area contributed by atoms with Gasteiger partial charge in [0.2, 0.25) is 5.91 Å². The zero-order chi connectivity index (χ0) is 20.8. The minimum atomic E-state index is -1.01. The molecule has 0 spiro atoms. The van der Waals surface area contributed by atoms with Crippen LogP contribution in [0.15, 0.2) is 24.3 Å². The first-order valence-corrected chi connectivity index (χ1v) is 10.5. The number of carboxylic acid groups (broad SMARTS) is 1. The van der Waals surface area contributed by atoms with Crippen LogP contribution in [0.4, 0.5) is 16.2 Å². The molecule has 2 aliphatic rings. The quantitative estimate of drug-likeness (QED) is 0.392. The van der Waals surface area contributed by atoms with Crippen molar-refractivity contribution in [3.63, 3.8) is 0 Å². The van der Waals surface area contributed by atoms with Gasteiger partial charge < -0.3 is 25.2 Å². The van der Waals surface area contributed by atoms with Crippen LogP contribution in [0.5, 0.6) is 0 Å². The SMILES string of the molecule is O=C(O)COCCNc1ccc(N2CC(NC(=O)C3CCC(Cl)S3)OC2=O)cc1. The average molecular weight is 444 g/mol. The molecule has 3 unspecified atom stereocenters. The van der Waals surface area contributed by atoms with Crippen LogP contribution in [0.2, 0.25) is 0 Å². The van der Waals surface area contributed by atoms with Crippen LogP contribution in [0.25, 0.3) is 0 Å². The summed E-state index contributed by atoms with van der Waals surface area (Å²) >= 11 is 7.44. The predicted octanol–water partition coefficient (Wildman–Crippen LogP) is 2.06. The number of thioether (sulfide) groups is 1. The van der Waals surface area contributed by atoms with Crippen molar-refractivity contribution in [2.75, 3.05) is 36.5 Å². The summed E-state index contributed by atoms with van der Waals surface area (Å²) in [4.78, 5) is 36.3. The molecule has 1 aromatic rings. The second kappa shape index (κ2) is 10.0. The molecule has 0 radical (unpaired) electrons. The number of cyclic esters (lactones) is 1. The number of nitrogens with zero attached hydrogens (tertiary/aromatic N) is 1. The second-order valence-corrected chi connectivity index (χ2v) is 8.72. The number of hydrogen-bond donors (Lipinski definition) is 3. The van der Waals surface area contributed by atoms with E-state index >= 15 is 0 Å². The first-order valence-electron chi connectivity index (χ1n) is 9.14. The van der Waals surface area contributed by atoms with Crippen molar-refractivity contribution < 1.29 is 29.0 Å². The van der Waals surface area contributed by atoms with Crippen LogP contribution in [0.1, 0.15) is 12.8 Å². The van der Waals surface area contributed by atoms with Crippen LogP contribution >= 0.6 is 23.4 Å². The molecule has 11 heteroatoms. The fourth-order valence-electron chi connectivity index (χ4n) is 2.98. The smallest absolute Gasteiger partial charge is 0.416 e. The number of alkyl halides is 1. The standard InChI is InChI=1S/C18H22ClN3O6S/c19-14-6-5-13(29-14)17(25)21-15-9-22(18(26)28-15)12-3-1-11(2-4-12)20-7-8-27-10-16(23)24/h1-4,13-15,20H,5-10H2,(H,21,25)(H,23,24). The van der Waals surface area contributed by atoms with E-state index < -0.39 is 18.3 Å². The Labute approximate surface area is 177 Å². The highest BCUT2D eigenvalue weighted by Crippen LogP contribution is 2.36. The van der Waals surface area contributed by atoms with E-state index in [4.69, 9.17) is 26.2 Å². The van der Waals surface area contributed by atoms with Crippen molar-refractivity contribution in [3.05, 3.63) is 24.3 Å². The molecule has 0 aliphatic carbocycles. The van der Waals surface area contributed by atoms with Gasteiger partial charge in [0.05, 0.1) is 23.1 Å². The van der Waals surface area contributed by atoms with Crippen molar-refractivity contribution >= 4 is 52.7 Å². The minimum absolute atomic E-state index is 0.0516. The maximum Gasteiger partial charge on any atom is 0.416 e. The van der Waals surface area contributed by atoms with Crippen molar-refractivity contribution in [3.8, 4) is 0 Å². The number of halogens is 1. The molecular formula is C18H22ClN3O6S. The van der Waals surface area contributed by atoms with Crippen molar-refractivity contribution in [1.29, 1.82) is 0 Å². The highest BCUT2D eigenvalue weighted by Gasteiger charge is 2.36. The van der Waals surface area contributed by atoms with Gasteiger partial charge in [0, 0.05) is 17.9 Å². The Morgan fingerprint density at radius 2 is 2.07 bits per heavy atom. The van der Waals surface area contributed by atoms with Gasteiger partial charge in [-0.15, -0.1) is 23.4 Å². The van der Waals surface area contributed by atoms with Crippen LogP contribution in [0, 0.1) is 0 Å². The second-order valence-electron chi connectivity index (χ2n) is 6.52. The Morgan fingerprint density at radius 1 is 1.31 bits per heavy atom. The highest BCUT2D eigenvalue weighted by molar-refractivity contribution is 8.02. The maximum atomic E-state index is 12.3. The summed E-state index contributed by atoms with van der Waals surface area (Å²) in [7, 11) is 0. The van der Waals surface area contributed by atoms with Crippen molar-refractivity contribution in [1.82, 2.24) is 5.32 Å². The summed E-state index contributed by atoms with van der Waals surface area (Å²) in [5, 5.41) is 14.1. The zero-order valence-corrected chi connectivity index (χ0v) is 17.1. The van der Waals surface area contributed by atoms with Gasteiger partial charge in [0.25, 0.3) is 0 Å². The summed E-state index contributed by atoms with van der Waals surface area (Å²) in [6.45, 7) is 0.607. The van der Waals surface area contributed by atoms with Crippen molar-refractivity contribution in [2.45, 2.75) is 29.0 Å². The molecule has 2 fully saturated rings. The zero-order valence-electron chi connectivity index (χ0n) is 15.5. The number of rotatable bonds is 9. The Balaban J connectivity index is 1.46. The maximum absolute atomic E-state index is 12.3. The molecule has 9 nitrogen and oxygen atoms in total. The number of hydrogen-bond acceptors (Lipinski definition) is 7. The van der Waals surface area contributed by atoms with Crippen LogP contribution < -0.4 is 15.5 Å². The third-order valence-electron chi connectivity index (χ3n) is 4.36. The molecule has 2 heterocycles. The van der Waals surface area contributed by atoms with Gasteiger partial charge in [-0.25, -0.2) is 9.59 Å². The molecule has 0 bridgehead atoms. The lowest BCUT2D eigenvalue weighted by molar-refractivity contribution is -0.142. The molecule has 1 aromatic carbocycles. The number of ether oxygens (including phenoxy) is 2. The van der Waals surface area contributed by atoms with Gasteiger partial charge in [-0.3, -0.25) is 9.69 Å². The van der Waals surface area contributed by atoms with E-state index in [1.165, 1.54) is 16.7 Å². The van der Waals surface area contributed by atoms with E-state index in [9.17, 15) is 14.4 Å². The summed E-state index contributed by atoms with van der Waals surface area (Å²) < 4.78 is 10.2. The number of anilines is 2. The van der Waals surface area contributed by atoms with Crippen molar-refractivity contribution in [2.24, 2.45) is 0 Å². The number of nitrogens with one attached hydrogen (secondary N) is 2. The Kier molecular flexibility index (Phi) is 7.45. The van der Waals surface area contributed by atoms with Gasteiger partial charge in [0.15, 0.2) is 6.23 Å². The molecule has 158 valence electrons. The summed E-state index contributed by atoms with van der Waals surface area (Å²) in [5.41, 5.74) is 1.45. The highest BCUT2D eigenvalue weighted by atomic mass is 35.5. The fourth-order valence-corrected chi connectivity index (χ4v) is 4.57. The molecule has 29 heavy (non-hydrogen) atoms. The summed E-state index contributed by atoms with van der Waals surface area (Å²) in [6, 6.07) is 7.11. The average Bonchev–Trinajstić information content (AvgIpc) is 3.27. The van der Waals surface area contributed by atoms with Crippen LogP contribution in [-0.2, 0) is 19.1 Å². The fraction of sp³-hybridized carbons (Fsp3) is 0.500. The molecule has 3 atom stereocenters.